The summed E-state index contributed by atoms with van der Waals surface area (Å²) in [4.78, 5) is 0. The number of hydrogen-bond donors (Lipinski definition) is 0. The van der Waals surface area contributed by atoms with Crippen LogP contribution in [0.4, 0.5) is 0 Å². The van der Waals surface area contributed by atoms with Gasteiger partial charge in [0.1, 0.15) is 0 Å². The Morgan fingerprint density at radius 2 is 1.33 bits per heavy atom. The van der Waals surface area contributed by atoms with Crippen LogP contribution < -0.4 is 0 Å². The van der Waals surface area contributed by atoms with Crippen LogP contribution in [0, 0.1) is 6.58 Å². The van der Waals surface area contributed by atoms with Gasteiger partial charge in [-0.3, -0.25) is 0 Å². The molecule has 0 atom stereocenters. The molecule has 0 saturated heterocycles. The van der Waals surface area contributed by atoms with Gasteiger partial charge in [-0.2, -0.15) is 0 Å². The van der Waals surface area contributed by atoms with Gasteiger partial charge in [0.25, 0.3) is 0 Å². The van der Waals surface area contributed by atoms with Crippen LogP contribution >= 0.6 is 11.6 Å². The van der Waals surface area contributed by atoms with Crippen molar-refractivity contribution in [2.75, 3.05) is 0 Å². The Morgan fingerprint density at radius 3 is 1.93 bits per heavy atom. The van der Waals surface area contributed by atoms with Gasteiger partial charge in [-0.25, -0.2) is 0 Å². The minimum Gasteiger partial charge on any atom is -0.0843 e. The van der Waals surface area contributed by atoms with Gasteiger partial charge in [-0.05, 0) is 28.8 Å². The average molecular weight is 214 g/mol. The fraction of sp³-hybridized carbons (Fsp3) is 0. The minimum atomic E-state index is 0.722. The van der Waals surface area contributed by atoms with E-state index in [-0.39, 0.29) is 0 Å². The third-order valence-electron chi connectivity index (χ3n) is 2.24. The van der Waals surface area contributed by atoms with Crippen LogP contribution in [-0.4, -0.2) is 0 Å². The standard InChI is InChI=1S/C14H10Cl/c1-11(12-5-3-2-4-6-12)13-7-9-14(15)10-8-13/h1-10H. The molecule has 0 aliphatic heterocycles. The van der Waals surface area contributed by atoms with E-state index in [0.29, 0.717) is 0 Å². The maximum absolute atomic E-state index is 6.04. The summed E-state index contributed by atoms with van der Waals surface area (Å²) >= 11 is 5.81. The Balaban J connectivity index is 2.33. The fourth-order valence-corrected chi connectivity index (χ4v) is 1.54. The van der Waals surface area contributed by atoms with Crippen LogP contribution in [0.5, 0.6) is 0 Å². The summed E-state index contributed by atoms with van der Waals surface area (Å²) in [5, 5.41) is 0.722. The number of rotatable bonds is 2. The topological polar surface area (TPSA) is 0 Å². The molecule has 1 radical (unpaired) electrons. The average Bonchev–Trinajstić information content (AvgIpc) is 2.30. The van der Waals surface area contributed by atoms with Crippen LogP contribution in [0.3, 0.4) is 0 Å². The van der Waals surface area contributed by atoms with Gasteiger partial charge in [0, 0.05) is 5.02 Å². The highest BCUT2D eigenvalue weighted by molar-refractivity contribution is 6.30. The molecule has 2 aromatic rings. The molecule has 73 valence electrons. The highest BCUT2D eigenvalue weighted by atomic mass is 35.5. The molecule has 0 heterocycles. The molecule has 0 aromatic heterocycles. The zero-order chi connectivity index (χ0) is 10.7. The number of benzene rings is 2. The van der Waals surface area contributed by atoms with E-state index in [2.05, 4.69) is 0 Å². The molecule has 0 nitrogen and oxygen atoms in total. The van der Waals surface area contributed by atoms with Crippen molar-refractivity contribution in [3.63, 3.8) is 0 Å². The van der Waals surface area contributed by atoms with Crippen LogP contribution in [0.2, 0.25) is 5.02 Å². The van der Waals surface area contributed by atoms with E-state index in [1.807, 2.05) is 54.6 Å². The van der Waals surface area contributed by atoms with Crippen molar-refractivity contribution < 1.29 is 0 Å². The molecule has 0 saturated carbocycles. The molecule has 0 amide bonds. The predicted molar refractivity (Wildman–Crippen MR) is 64.7 cm³/mol. The van der Waals surface area contributed by atoms with Crippen LogP contribution in [0.1, 0.15) is 11.1 Å². The molecule has 0 spiro atoms. The monoisotopic (exact) mass is 213 g/mol. The van der Waals surface area contributed by atoms with E-state index in [1.165, 1.54) is 0 Å². The van der Waals surface area contributed by atoms with Gasteiger partial charge in [0.2, 0.25) is 0 Å². The summed E-state index contributed by atoms with van der Waals surface area (Å²) in [6, 6.07) is 17.4. The highest BCUT2D eigenvalue weighted by Gasteiger charge is 2.00. The predicted octanol–water partition coefficient (Wildman–Crippen LogP) is 4.20. The smallest absolute Gasteiger partial charge is 0.0406 e. The SMILES string of the molecule is [CH]=C(c1ccccc1)c1ccc(Cl)cc1. The maximum atomic E-state index is 6.04. The summed E-state index contributed by atoms with van der Waals surface area (Å²) in [6.45, 7) is 6.04. The Hall–Kier alpha value is -1.53. The van der Waals surface area contributed by atoms with E-state index >= 15 is 0 Å². The van der Waals surface area contributed by atoms with Gasteiger partial charge in [0.15, 0.2) is 0 Å². The molecule has 0 fully saturated rings. The van der Waals surface area contributed by atoms with E-state index in [4.69, 9.17) is 18.2 Å². The van der Waals surface area contributed by atoms with E-state index < -0.39 is 0 Å². The molecule has 1 heteroatoms. The number of halogens is 1. The lowest BCUT2D eigenvalue weighted by molar-refractivity contribution is 1.55. The quantitative estimate of drug-likeness (QED) is 0.701. The second kappa shape index (κ2) is 4.33. The van der Waals surface area contributed by atoms with Gasteiger partial charge < -0.3 is 0 Å². The zero-order valence-electron chi connectivity index (χ0n) is 8.15. The molecule has 0 unspecified atom stereocenters. The van der Waals surface area contributed by atoms with Crippen molar-refractivity contribution in [3.05, 3.63) is 77.3 Å². The van der Waals surface area contributed by atoms with Crippen LogP contribution in [-0.2, 0) is 0 Å². The van der Waals surface area contributed by atoms with E-state index in [1.54, 1.807) is 0 Å². The number of hydrogen-bond acceptors (Lipinski definition) is 0. The summed E-state index contributed by atoms with van der Waals surface area (Å²) < 4.78 is 0. The molecule has 0 aliphatic carbocycles. The first-order valence-corrected chi connectivity index (χ1v) is 5.09. The lowest BCUT2D eigenvalue weighted by Crippen LogP contribution is -1.84. The molecule has 0 N–H and O–H groups in total. The van der Waals surface area contributed by atoms with Crippen molar-refractivity contribution >= 4 is 17.2 Å². The second-order valence-electron chi connectivity index (χ2n) is 3.29. The molecule has 2 aromatic carbocycles. The first-order chi connectivity index (χ1) is 7.27. The fourth-order valence-electron chi connectivity index (χ4n) is 1.41. The summed E-state index contributed by atoms with van der Waals surface area (Å²) in [5.41, 5.74) is 2.79. The molecule has 0 bridgehead atoms. The van der Waals surface area contributed by atoms with E-state index in [0.717, 1.165) is 21.7 Å². The van der Waals surface area contributed by atoms with Gasteiger partial charge in [-0.15, -0.1) is 0 Å². The van der Waals surface area contributed by atoms with Crippen LogP contribution in [0.15, 0.2) is 54.6 Å². The van der Waals surface area contributed by atoms with Crippen molar-refractivity contribution in [2.45, 2.75) is 0 Å². The molecule has 0 aliphatic rings. The molecule has 2 rings (SSSR count). The lowest BCUT2D eigenvalue weighted by Gasteiger charge is -2.05. The zero-order valence-corrected chi connectivity index (χ0v) is 8.91. The normalized spacial score (nSPS) is 9.93. The van der Waals surface area contributed by atoms with E-state index in [9.17, 15) is 0 Å². The van der Waals surface area contributed by atoms with Gasteiger partial charge in [0.05, 0.1) is 0 Å². The molecular formula is C14H10Cl. The minimum absolute atomic E-state index is 0.722. The first-order valence-electron chi connectivity index (χ1n) is 4.71. The van der Waals surface area contributed by atoms with Crippen molar-refractivity contribution in [1.82, 2.24) is 0 Å². The van der Waals surface area contributed by atoms with Crippen molar-refractivity contribution in [3.8, 4) is 0 Å². The first kappa shape index (κ1) is 10.0. The van der Waals surface area contributed by atoms with Gasteiger partial charge >= 0.3 is 0 Å². The third kappa shape index (κ3) is 2.28. The summed E-state index contributed by atoms with van der Waals surface area (Å²) in [5.74, 6) is 0. The largest absolute Gasteiger partial charge is 0.0843 e. The van der Waals surface area contributed by atoms with Crippen molar-refractivity contribution in [2.24, 2.45) is 0 Å². The summed E-state index contributed by atoms with van der Waals surface area (Å²) in [7, 11) is 0. The van der Waals surface area contributed by atoms with Crippen LogP contribution in [0.25, 0.3) is 5.57 Å². The molecule has 15 heavy (non-hydrogen) atoms. The second-order valence-corrected chi connectivity index (χ2v) is 3.72. The Bertz CT molecular complexity index is 454. The highest BCUT2D eigenvalue weighted by Crippen LogP contribution is 2.22. The van der Waals surface area contributed by atoms with Gasteiger partial charge in [-0.1, -0.05) is 60.6 Å². The van der Waals surface area contributed by atoms with Crippen molar-refractivity contribution in [1.29, 1.82) is 0 Å². The third-order valence-corrected chi connectivity index (χ3v) is 2.49. The Kier molecular flexibility index (Phi) is 2.89. The maximum Gasteiger partial charge on any atom is 0.0406 e. The Morgan fingerprint density at radius 1 is 0.800 bits per heavy atom. The Labute approximate surface area is 94.8 Å². The summed E-state index contributed by atoms with van der Waals surface area (Å²) in [6.07, 6.45) is 0. The molecular weight excluding hydrogens is 204 g/mol. The lowest BCUT2D eigenvalue weighted by atomic mass is 10.00.